The molecule has 2 nitrogen and oxygen atoms in total. The summed E-state index contributed by atoms with van der Waals surface area (Å²) in [6.07, 6.45) is 1.40. The second-order valence-corrected chi connectivity index (χ2v) is 3.73. The lowest BCUT2D eigenvalue weighted by atomic mass is 10.5. The van der Waals surface area contributed by atoms with E-state index in [1.807, 2.05) is 0 Å². The zero-order valence-corrected chi connectivity index (χ0v) is 9.42. The third-order valence-electron chi connectivity index (χ3n) is 0.913. The highest BCUT2D eigenvalue weighted by atomic mass is 35.5. The highest BCUT2D eigenvalue weighted by molar-refractivity contribution is 6.56. The van der Waals surface area contributed by atoms with Gasteiger partial charge in [-0.15, -0.1) is 0 Å². The first-order valence-electron chi connectivity index (χ1n) is 3.12. The molecule has 0 atom stereocenters. The Labute approximate surface area is 96.0 Å². The Morgan fingerprint density at radius 2 is 2.00 bits per heavy atom. The Morgan fingerprint density at radius 1 is 1.46 bits per heavy atom. The summed E-state index contributed by atoms with van der Waals surface area (Å²) in [6.45, 7) is 3.40. The van der Waals surface area contributed by atoms with E-state index in [9.17, 15) is 4.79 Å². The number of hydrogen-bond acceptors (Lipinski definition) is 2. The van der Waals surface area contributed by atoms with Crippen LogP contribution in [0.3, 0.4) is 0 Å². The maximum atomic E-state index is 11.0. The molecule has 6 heteroatoms. The van der Waals surface area contributed by atoms with Crippen LogP contribution < -0.4 is 0 Å². The van der Waals surface area contributed by atoms with Gasteiger partial charge in [0.2, 0.25) is 0 Å². The van der Waals surface area contributed by atoms with E-state index >= 15 is 0 Å². The van der Waals surface area contributed by atoms with E-state index in [4.69, 9.17) is 46.4 Å². The second kappa shape index (κ2) is 6.55. The van der Waals surface area contributed by atoms with Gasteiger partial charge in [-0.2, -0.15) is 0 Å². The number of alkyl halides is 2. The summed E-state index contributed by atoms with van der Waals surface area (Å²) in [6, 6.07) is 0. The van der Waals surface area contributed by atoms with E-state index < -0.39 is 10.8 Å². The lowest BCUT2D eigenvalue weighted by molar-refractivity contribution is -0.137. The molecule has 0 aliphatic carbocycles. The summed E-state index contributed by atoms with van der Waals surface area (Å²) in [7, 11) is 0. The highest BCUT2D eigenvalue weighted by Gasteiger charge is 2.17. The molecule has 0 N–H and O–H groups in total. The molecular weight excluding hydrogens is 258 g/mol. The first-order valence-corrected chi connectivity index (χ1v) is 4.75. The van der Waals surface area contributed by atoms with Gasteiger partial charge in [0.15, 0.2) is 0 Å². The average molecular weight is 264 g/mol. The SMILES string of the molecule is C=CCOC(=O)C(Cl)=C(Cl)C(Cl)Cl. The number of carbonyl (C=O) groups is 1. The first-order chi connectivity index (χ1) is 6.00. The third-order valence-corrected chi connectivity index (χ3v) is 2.43. The fraction of sp³-hybridized carbons (Fsp3) is 0.286. The van der Waals surface area contributed by atoms with Crippen LogP contribution in [0, 0.1) is 0 Å². The Bertz CT molecular complexity index is 235. The van der Waals surface area contributed by atoms with E-state index in [-0.39, 0.29) is 16.7 Å². The summed E-state index contributed by atoms with van der Waals surface area (Å²) in [4.78, 5) is 9.95. The van der Waals surface area contributed by atoms with E-state index in [0.717, 1.165) is 0 Å². The van der Waals surface area contributed by atoms with Gasteiger partial charge < -0.3 is 4.74 Å². The van der Waals surface area contributed by atoms with Gasteiger partial charge in [0.05, 0.1) is 5.03 Å². The fourth-order valence-corrected chi connectivity index (χ4v) is 0.962. The molecule has 0 aliphatic heterocycles. The lowest BCUT2D eigenvalue weighted by Gasteiger charge is -2.03. The maximum Gasteiger partial charge on any atom is 0.351 e. The number of allylic oxidation sites excluding steroid dienone is 1. The minimum absolute atomic E-state index is 0.0501. The molecule has 0 fully saturated rings. The van der Waals surface area contributed by atoms with E-state index in [0.29, 0.717) is 0 Å². The van der Waals surface area contributed by atoms with Gasteiger partial charge in [0, 0.05) is 0 Å². The molecule has 0 aromatic rings. The molecule has 0 heterocycles. The van der Waals surface area contributed by atoms with Crippen molar-refractivity contribution in [1.29, 1.82) is 0 Å². The first kappa shape index (κ1) is 13.1. The van der Waals surface area contributed by atoms with Crippen LogP contribution in [0.15, 0.2) is 22.7 Å². The van der Waals surface area contributed by atoms with Crippen molar-refractivity contribution in [2.75, 3.05) is 6.61 Å². The van der Waals surface area contributed by atoms with Crippen LogP contribution in [-0.2, 0) is 9.53 Å². The number of ether oxygens (including phenoxy) is 1. The zero-order chi connectivity index (χ0) is 10.4. The van der Waals surface area contributed by atoms with Crippen molar-refractivity contribution in [2.45, 2.75) is 4.84 Å². The van der Waals surface area contributed by atoms with Crippen molar-refractivity contribution in [3.8, 4) is 0 Å². The molecular formula is C7H6Cl4O2. The van der Waals surface area contributed by atoms with Gasteiger partial charge in [-0.25, -0.2) is 4.79 Å². The predicted molar refractivity (Wildman–Crippen MR) is 55.4 cm³/mol. The highest BCUT2D eigenvalue weighted by Crippen LogP contribution is 2.25. The van der Waals surface area contributed by atoms with Gasteiger partial charge in [0.1, 0.15) is 16.5 Å². The van der Waals surface area contributed by atoms with Gasteiger partial charge in [0.25, 0.3) is 0 Å². The fourth-order valence-electron chi connectivity index (χ4n) is 0.391. The number of hydrogen-bond donors (Lipinski definition) is 0. The van der Waals surface area contributed by atoms with Gasteiger partial charge in [-0.3, -0.25) is 0 Å². The molecule has 0 radical (unpaired) electrons. The summed E-state index contributed by atoms with van der Waals surface area (Å²) in [5, 5.41) is -0.474. The van der Waals surface area contributed by atoms with Crippen molar-refractivity contribution < 1.29 is 9.53 Å². The van der Waals surface area contributed by atoms with Crippen LogP contribution >= 0.6 is 46.4 Å². The zero-order valence-electron chi connectivity index (χ0n) is 6.40. The molecule has 0 saturated carbocycles. The standard InChI is InChI=1S/C7H6Cl4O2/c1-2-3-13-7(12)5(9)4(8)6(10)11/h2,6H,1,3H2. The lowest BCUT2D eigenvalue weighted by Crippen LogP contribution is -2.07. The molecule has 0 aromatic heterocycles. The number of halogens is 4. The van der Waals surface area contributed by atoms with E-state index in [1.54, 1.807) is 0 Å². The van der Waals surface area contributed by atoms with E-state index in [1.165, 1.54) is 6.08 Å². The number of carbonyl (C=O) groups excluding carboxylic acids is 1. The molecule has 0 unspecified atom stereocenters. The largest absolute Gasteiger partial charge is 0.457 e. The van der Waals surface area contributed by atoms with Gasteiger partial charge >= 0.3 is 5.97 Å². The third kappa shape index (κ3) is 4.77. The normalized spacial score (nSPS) is 12.4. The molecule has 0 aliphatic rings. The van der Waals surface area contributed by atoms with Crippen molar-refractivity contribution in [1.82, 2.24) is 0 Å². The van der Waals surface area contributed by atoms with Crippen LogP contribution in [0.1, 0.15) is 0 Å². The molecule has 0 aromatic carbocycles. The summed E-state index contributed by atoms with van der Waals surface area (Å²) < 4.78 is 4.58. The minimum atomic E-state index is -1.04. The summed E-state index contributed by atoms with van der Waals surface area (Å²) >= 11 is 21.7. The van der Waals surface area contributed by atoms with Gasteiger partial charge in [-0.05, 0) is 0 Å². The maximum absolute atomic E-state index is 11.0. The molecule has 0 spiro atoms. The van der Waals surface area contributed by atoms with E-state index in [2.05, 4.69) is 11.3 Å². The minimum Gasteiger partial charge on any atom is -0.457 e. The number of esters is 1. The smallest absolute Gasteiger partial charge is 0.351 e. The quantitative estimate of drug-likeness (QED) is 0.337. The Morgan fingerprint density at radius 3 is 2.38 bits per heavy atom. The molecule has 74 valence electrons. The molecule has 0 bridgehead atoms. The topological polar surface area (TPSA) is 26.3 Å². The van der Waals surface area contributed by atoms with Crippen molar-refractivity contribution in [3.05, 3.63) is 22.7 Å². The predicted octanol–water partition coefficient (Wildman–Crippen LogP) is 3.21. The van der Waals surface area contributed by atoms with Crippen LogP contribution in [0.25, 0.3) is 0 Å². The molecule has 13 heavy (non-hydrogen) atoms. The average Bonchev–Trinajstić information content (AvgIpc) is 2.11. The Balaban J connectivity index is 4.39. The van der Waals surface area contributed by atoms with Crippen LogP contribution in [0.2, 0.25) is 0 Å². The van der Waals surface area contributed by atoms with Crippen LogP contribution in [0.4, 0.5) is 0 Å². The Kier molecular flexibility index (Phi) is 6.60. The molecule has 0 rings (SSSR count). The van der Waals surface area contributed by atoms with Crippen LogP contribution in [0.5, 0.6) is 0 Å². The molecule has 0 saturated heterocycles. The summed E-state index contributed by atoms with van der Waals surface area (Å²) in [5.74, 6) is -0.780. The van der Waals surface area contributed by atoms with Crippen molar-refractivity contribution >= 4 is 52.4 Å². The molecule has 0 amide bonds. The summed E-state index contributed by atoms with van der Waals surface area (Å²) in [5.41, 5.74) is 0. The van der Waals surface area contributed by atoms with Gasteiger partial charge in [-0.1, -0.05) is 59.1 Å². The van der Waals surface area contributed by atoms with Crippen molar-refractivity contribution in [3.63, 3.8) is 0 Å². The van der Waals surface area contributed by atoms with Crippen molar-refractivity contribution in [2.24, 2.45) is 0 Å². The second-order valence-electron chi connectivity index (χ2n) is 1.85. The van der Waals surface area contributed by atoms with Crippen LogP contribution in [-0.4, -0.2) is 17.4 Å². The monoisotopic (exact) mass is 262 g/mol. The Hall–Kier alpha value is 0.110. The number of rotatable bonds is 4.